The Labute approximate surface area is 91.7 Å². The van der Waals surface area contributed by atoms with Crippen LogP contribution in [0.25, 0.3) is 0 Å². The van der Waals surface area contributed by atoms with E-state index in [9.17, 15) is 4.79 Å². The second kappa shape index (κ2) is 4.67. The van der Waals surface area contributed by atoms with Crippen molar-refractivity contribution >= 4 is 17.5 Å². The minimum Gasteiger partial charge on any atom is -0.476 e. The third-order valence-corrected chi connectivity index (χ3v) is 3.39. The molecular formula is C9H13N3O2S. The topological polar surface area (TPSA) is 75.1 Å². The highest BCUT2D eigenvalue weighted by molar-refractivity contribution is 7.05. The van der Waals surface area contributed by atoms with E-state index >= 15 is 0 Å². The van der Waals surface area contributed by atoms with E-state index in [-0.39, 0.29) is 5.69 Å². The fourth-order valence-corrected chi connectivity index (χ4v) is 2.44. The summed E-state index contributed by atoms with van der Waals surface area (Å²) in [5.41, 5.74) is 0.0884. The van der Waals surface area contributed by atoms with Crippen LogP contribution in [0.3, 0.4) is 0 Å². The van der Waals surface area contributed by atoms with Gasteiger partial charge in [0, 0.05) is 12.6 Å². The second-order valence-corrected chi connectivity index (χ2v) is 4.55. The van der Waals surface area contributed by atoms with Gasteiger partial charge in [-0.1, -0.05) is 17.3 Å². The van der Waals surface area contributed by atoms with Crippen molar-refractivity contribution in [2.45, 2.75) is 38.3 Å². The van der Waals surface area contributed by atoms with Gasteiger partial charge in [0.05, 0.1) is 4.88 Å². The zero-order chi connectivity index (χ0) is 10.7. The van der Waals surface area contributed by atoms with Crippen LogP contribution in [0.15, 0.2) is 0 Å². The van der Waals surface area contributed by atoms with Gasteiger partial charge in [-0.3, -0.25) is 0 Å². The summed E-state index contributed by atoms with van der Waals surface area (Å²) >= 11 is 1.16. The zero-order valence-corrected chi connectivity index (χ0v) is 9.09. The van der Waals surface area contributed by atoms with E-state index in [2.05, 4.69) is 14.9 Å². The Kier molecular flexibility index (Phi) is 3.27. The standard InChI is InChI=1S/C9H13N3O2S/c13-9(14)8-7(15-12-11-8)5-10-6-3-1-2-4-6/h6,10H,1-5H2,(H,13,14). The van der Waals surface area contributed by atoms with Crippen LogP contribution in [0.4, 0.5) is 0 Å². The van der Waals surface area contributed by atoms with Crippen LogP contribution < -0.4 is 5.32 Å². The SMILES string of the molecule is O=C(O)c1nnsc1CNC1CCCC1. The molecule has 1 heterocycles. The molecule has 0 amide bonds. The maximum atomic E-state index is 10.8. The van der Waals surface area contributed by atoms with Crippen molar-refractivity contribution in [3.05, 3.63) is 10.6 Å². The van der Waals surface area contributed by atoms with Gasteiger partial charge in [0.2, 0.25) is 0 Å². The van der Waals surface area contributed by atoms with Crippen molar-refractivity contribution in [2.75, 3.05) is 0 Å². The predicted octanol–water partition coefficient (Wildman–Crippen LogP) is 1.27. The average molecular weight is 227 g/mol. The molecule has 0 bridgehead atoms. The molecule has 1 aromatic heterocycles. The Morgan fingerprint density at radius 2 is 2.27 bits per heavy atom. The van der Waals surface area contributed by atoms with Crippen molar-refractivity contribution in [3.8, 4) is 0 Å². The molecule has 6 heteroatoms. The lowest BCUT2D eigenvalue weighted by atomic mass is 10.2. The average Bonchev–Trinajstić information content (AvgIpc) is 2.86. The maximum absolute atomic E-state index is 10.8. The highest BCUT2D eigenvalue weighted by Crippen LogP contribution is 2.19. The molecule has 0 aliphatic heterocycles. The molecule has 1 aromatic rings. The van der Waals surface area contributed by atoms with Gasteiger partial charge in [-0.25, -0.2) is 4.79 Å². The Balaban J connectivity index is 1.92. The smallest absolute Gasteiger partial charge is 0.357 e. The summed E-state index contributed by atoms with van der Waals surface area (Å²) in [5, 5.41) is 15.8. The molecule has 1 fully saturated rings. The van der Waals surface area contributed by atoms with E-state index in [0.29, 0.717) is 12.6 Å². The highest BCUT2D eigenvalue weighted by Gasteiger charge is 2.18. The molecule has 0 atom stereocenters. The van der Waals surface area contributed by atoms with E-state index in [1.165, 1.54) is 25.7 Å². The molecule has 0 aromatic carbocycles. The van der Waals surface area contributed by atoms with Gasteiger partial charge in [0.15, 0.2) is 5.69 Å². The van der Waals surface area contributed by atoms with Crippen molar-refractivity contribution in [1.29, 1.82) is 0 Å². The first-order valence-electron chi connectivity index (χ1n) is 5.05. The molecule has 2 N–H and O–H groups in total. The summed E-state index contributed by atoms with van der Waals surface area (Å²) < 4.78 is 3.66. The van der Waals surface area contributed by atoms with Crippen LogP contribution in [0, 0.1) is 0 Å². The van der Waals surface area contributed by atoms with Crippen LogP contribution in [-0.4, -0.2) is 26.7 Å². The van der Waals surface area contributed by atoms with Crippen LogP contribution >= 0.6 is 11.5 Å². The molecule has 2 rings (SSSR count). The molecule has 0 spiro atoms. The molecular weight excluding hydrogens is 214 g/mol. The Morgan fingerprint density at radius 3 is 2.93 bits per heavy atom. The number of carboxylic acid groups (broad SMARTS) is 1. The quantitative estimate of drug-likeness (QED) is 0.810. The minimum atomic E-state index is -0.994. The monoisotopic (exact) mass is 227 g/mol. The lowest BCUT2D eigenvalue weighted by Gasteiger charge is -2.09. The molecule has 1 aliphatic carbocycles. The van der Waals surface area contributed by atoms with E-state index in [0.717, 1.165) is 16.4 Å². The highest BCUT2D eigenvalue weighted by atomic mass is 32.1. The van der Waals surface area contributed by atoms with Gasteiger partial charge in [0.25, 0.3) is 0 Å². The fraction of sp³-hybridized carbons (Fsp3) is 0.667. The first-order chi connectivity index (χ1) is 7.27. The molecule has 0 unspecified atom stereocenters. The van der Waals surface area contributed by atoms with Crippen LogP contribution in [-0.2, 0) is 6.54 Å². The Hall–Kier alpha value is -1.01. The Bertz CT molecular complexity index is 347. The van der Waals surface area contributed by atoms with E-state index in [4.69, 9.17) is 5.11 Å². The van der Waals surface area contributed by atoms with Crippen LogP contribution in [0.5, 0.6) is 0 Å². The van der Waals surface area contributed by atoms with Crippen molar-refractivity contribution in [3.63, 3.8) is 0 Å². The van der Waals surface area contributed by atoms with Gasteiger partial charge in [-0.2, -0.15) is 0 Å². The number of hydrogen-bond donors (Lipinski definition) is 2. The first-order valence-corrected chi connectivity index (χ1v) is 5.82. The molecule has 1 saturated carbocycles. The number of carbonyl (C=O) groups is 1. The van der Waals surface area contributed by atoms with Crippen molar-refractivity contribution < 1.29 is 9.90 Å². The number of nitrogens with one attached hydrogen (secondary N) is 1. The largest absolute Gasteiger partial charge is 0.476 e. The summed E-state index contributed by atoms with van der Waals surface area (Å²) in [4.78, 5) is 11.5. The van der Waals surface area contributed by atoms with Crippen LogP contribution in [0.2, 0.25) is 0 Å². The molecule has 5 nitrogen and oxygen atoms in total. The van der Waals surface area contributed by atoms with E-state index < -0.39 is 5.97 Å². The number of nitrogens with zero attached hydrogens (tertiary/aromatic N) is 2. The predicted molar refractivity (Wildman–Crippen MR) is 56.0 cm³/mol. The number of aromatic carboxylic acids is 1. The minimum absolute atomic E-state index is 0.0884. The summed E-state index contributed by atoms with van der Waals surface area (Å²) in [6.07, 6.45) is 4.91. The summed E-state index contributed by atoms with van der Waals surface area (Å²) in [7, 11) is 0. The van der Waals surface area contributed by atoms with Crippen LogP contribution in [0.1, 0.15) is 41.0 Å². The molecule has 0 saturated heterocycles. The molecule has 0 radical (unpaired) electrons. The maximum Gasteiger partial charge on any atom is 0.357 e. The first kappa shape index (κ1) is 10.5. The second-order valence-electron chi connectivity index (χ2n) is 3.71. The number of aromatic nitrogens is 2. The van der Waals surface area contributed by atoms with Gasteiger partial charge in [-0.15, -0.1) is 5.10 Å². The lowest BCUT2D eigenvalue weighted by Crippen LogP contribution is -2.25. The van der Waals surface area contributed by atoms with Gasteiger partial charge < -0.3 is 10.4 Å². The number of rotatable bonds is 4. The lowest BCUT2D eigenvalue weighted by molar-refractivity contribution is 0.0689. The van der Waals surface area contributed by atoms with Gasteiger partial charge >= 0.3 is 5.97 Å². The number of carboxylic acids is 1. The normalized spacial score (nSPS) is 17.1. The van der Waals surface area contributed by atoms with Gasteiger partial charge in [0.1, 0.15) is 0 Å². The molecule has 15 heavy (non-hydrogen) atoms. The van der Waals surface area contributed by atoms with Gasteiger partial charge in [-0.05, 0) is 24.4 Å². The summed E-state index contributed by atoms with van der Waals surface area (Å²) in [6.45, 7) is 0.573. The Morgan fingerprint density at radius 1 is 1.53 bits per heavy atom. The van der Waals surface area contributed by atoms with E-state index in [1.54, 1.807) is 0 Å². The zero-order valence-electron chi connectivity index (χ0n) is 8.27. The van der Waals surface area contributed by atoms with E-state index in [1.807, 2.05) is 0 Å². The van der Waals surface area contributed by atoms with Crippen molar-refractivity contribution in [1.82, 2.24) is 14.9 Å². The third-order valence-electron chi connectivity index (χ3n) is 2.67. The number of hydrogen-bond acceptors (Lipinski definition) is 5. The molecule has 1 aliphatic rings. The summed E-state index contributed by atoms with van der Waals surface area (Å²) in [5.74, 6) is -0.994. The third kappa shape index (κ3) is 2.51. The summed E-state index contributed by atoms with van der Waals surface area (Å²) in [6, 6.07) is 0.536. The molecule has 82 valence electrons. The van der Waals surface area contributed by atoms with Crippen molar-refractivity contribution in [2.24, 2.45) is 0 Å². The fourth-order valence-electron chi connectivity index (χ4n) is 1.85.